The van der Waals surface area contributed by atoms with Gasteiger partial charge in [0.15, 0.2) is 0 Å². The van der Waals surface area contributed by atoms with Gasteiger partial charge in [-0.2, -0.15) is 0 Å². The highest BCUT2D eigenvalue weighted by atomic mass is 16.6. The van der Waals surface area contributed by atoms with E-state index in [1.165, 1.54) is 0 Å². The van der Waals surface area contributed by atoms with Crippen LogP contribution in [0.2, 0.25) is 0 Å². The number of Topliss-reactive ketones (excluding diaryl/α,β-unsaturated/α-hetero) is 1. The zero-order valence-electron chi connectivity index (χ0n) is 9.63. The number of esters is 1. The molecule has 4 heteroatoms. The van der Waals surface area contributed by atoms with Crippen LogP contribution in [0, 0.1) is 5.92 Å². The second-order valence-electron chi connectivity index (χ2n) is 4.89. The molecule has 1 saturated heterocycles. The van der Waals surface area contributed by atoms with Crippen molar-refractivity contribution >= 4 is 11.8 Å². The molecular formula is C11H19NO3. The first-order valence-electron chi connectivity index (χ1n) is 5.38. The Bertz CT molecular complexity index is 249. The summed E-state index contributed by atoms with van der Waals surface area (Å²) in [6, 6.07) is 0. The third kappa shape index (κ3) is 4.00. The number of carbonyl (C=O) groups is 2. The number of ketones is 1. The average Bonchev–Trinajstić information content (AvgIpc) is 2.15. The molecule has 15 heavy (non-hydrogen) atoms. The molecule has 0 aliphatic carbocycles. The average molecular weight is 213 g/mol. The molecule has 1 N–H and O–H groups in total. The fraction of sp³-hybridized carbons (Fsp3) is 0.818. The molecule has 0 bridgehead atoms. The number of nitrogens with one attached hydrogen (secondary N) is 1. The Morgan fingerprint density at radius 2 is 1.73 bits per heavy atom. The topological polar surface area (TPSA) is 55.4 Å². The Morgan fingerprint density at radius 3 is 2.20 bits per heavy atom. The summed E-state index contributed by atoms with van der Waals surface area (Å²) in [5.41, 5.74) is -0.584. The van der Waals surface area contributed by atoms with Gasteiger partial charge in [-0.3, -0.25) is 4.79 Å². The van der Waals surface area contributed by atoms with Gasteiger partial charge in [0.1, 0.15) is 5.60 Å². The molecule has 4 nitrogen and oxygen atoms in total. The SMILES string of the molecule is CC(C)(C)OC(=O)C(=O)C1CCNCC1. The summed E-state index contributed by atoms with van der Waals surface area (Å²) in [5.74, 6) is -1.21. The summed E-state index contributed by atoms with van der Waals surface area (Å²) in [6.07, 6.45) is 1.47. The summed E-state index contributed by atoms with van der Waals surface area (Å²) < 4.78 is 5.04. The molecule has 1 heterocycles. The van der Waals surface area contributed by atoms with Crippen LogP contribution in [-0.2, 0) is 14.3 Å². The van der Waals surface area contributed by atoms with E-state index < -0.39 is 11.6 Å². The minimum atomic E-state index is -0.686. The molecule has 0 spiro atoms. The van der Waals surface area contributed by atoms with Crippen molar-refractivity contribution in [1.82, 2.24) is 5.32 Å². The maximum atomic E-state index is 11.7. The molecule has 0 amide bonds. The van der Waals surface area contributed by atoms with Crippen LogP contribution in [0.4, 0.5) is 0 Å². The Morgan fingerprint density at radius 1 is 1.20 bits per heavy atom. The van der Waals surface area contributed by atoms with Crippen LogP contribution in [0.1, 0.15) is 33.6 Å². The summed E-state index contributed by atoms with van der Waals surface area (Å²) in [4.78, 5) is 23.1. The van der Waals surface area contributed by atoms with Gasteiger partial charge in [-0.25, -0.2) is 4.79 Å². The van der Waals surface area contributed by atoms with Gasteiger partial charge in [-0.1, -0.05) is 0 Å². The molecule has 86 valence electrons. The van der Waals surface area contributed by atoms with E-state index in [9.17, 15) is 9.59 Å². The molecule has 0 aromatic heterocycles. The minimum absolute atomic E-state index is 0.152. The van der Waals surface area contributed by atoms with Crippen LogP contribution >= 0.6 is 0 Å². The Hall–Kier alpha value is -0.900. The Kier molecular flexibility index (Phi) is 3.85. The lowest BCUT2D eigenvalue weighted by Crippen LogP contribution is -2.38. The van der Waals surface area contributed by atoms with Gasteiger partial charge in [0.25, 0.3) is 0 Å². The summed E-state index contributed by atoms with van der Waals surface area (Å²) in [6.45, 7) is 6.90. The molecule has 0 atom stereocenters. The maximum absolute atomic E-state index is 11.7. The van der Waals surface area contributed by atoms with E-state index in [1.807, 2.05) is 0 Å². The Labute approximate surface area is 90.4 Å². The molecule has 0 saturated carbocycles. The van der Waals surface area contributed by atoms with E-state index in [0.717, 1.165) is 25.9 Å². The Balaban J connectivity index is 2.48. The summed E-state index contributed by atoms with van der Waals surface area (Å²) in [5, 5.41) is 3.15. The van der Waals surface area contributed by atoms with Gasteiger partial charge < -0.3 is 10.1 Å². The lowest BCUT2D eigenvalue weighted by molar-refractivity contribution is -0.164. The van der Waals surface area contributed by atoms with E-state index in [2.05, 4.69) is 5.32 Å². The van der Waals surface area contributed by atoms with Crippen molar-refractivity contribution in [3.8, 4) is 0 Å². The van der Waals surface area contributed by atoms with Crippen LogP contribution in [-0.4, -0.2) is 30.4 Å². The van der Waals surface area contributed by atoms with Crippen molar-refractivity contribution in [2.24, 2.45) is 5.92 Å². The van der Waals surface area contributed by atoms with Crippen LogP contribution in [0.5, 0.6) is 0 Å². The number of piperidine rings is 1. The molecule has 1 aliphatic rings. The highest BCUT2D eigenvalue weighted by Crippen LogP contribution is 2.16. The van der Waals surface area contributed by atoms with Crippen molar-refractivity contribution in [2.45, 2.75) is 39.2 Å². The van der Waals surface area contributed by atoms with Crippen LogP contribution in [0.25, 0.3) is 0 Å². The molecule has 1 fully saturated rings. The molecule has 0 unspecified atom stereocenters. The fourth-order valence-corrected chi connectivity index (χ4v) is 1.58. The smallest absolute Gasteiger partial charge is 0.375 e. The molecule has 0 aromatic carbocycles. The van der Waals surface area contributed by atoms with E-state index in [0.29, 0.717) is 0 Å². The van der Waals surface area contributed by atoms with Crippen molar-refractivity contribution < 1.29 is 14.3 Å². The van der Waals surface area contributed by atoms with Gasteiger partial charge in [0, 0.05) is 5.92 Å². The molecule has 1 aliphatic heterocycles. The second-order valence-corrected chi connectivity index (χ2v) is 4.89. The third-order valence-corrected chi connectivity index (χ3v) is 2.31. The molecule has 0 radical (unpaired) electrons. The molecular weight excluding hydrogens is 194 g/mol. The second kappa shape index (κ2) is 4.75. The lowest BCUT2D eigenvalue weighted by Gasteiger charge is -2.23. The van der Waals surface area contributed by atoms with Crippen LogP contribution in [0.15, 0.2) is 0 Å². The van der Waals surface area contributed by atoms with Crippen molar-refractivity contribution in [3.63, 3.8) is 0 Å². The van der Waals surface area contributed by atoms with Gasteiger partial charge in [0.2, 0.25) is 5.78 Å². The quantitative estimate of drug-likeness (QED) is 0.547. The van der Waals surface area contributed by atoms with Crippen LogP contribution in [0.3, 0.4) is 0 Å². The van der Waals surface area contributed by atoms with Crippen molar-refractivity contribution in [2.75, 3.05) is 13.1 Å². The number of rotatable bonds is 2. The first-order valence-corrected chi connectivity index (χ1v) is 5.38. The molecule has 0 aromatic rings. The van der Waals surface area contributed by atoms with Gasteiger partial charge in [0.05, 0.1) is 0 Å². The summed E-state index contributed by atoms with van der Waals surface area (Å²) >= 11 is 0. The van der Waals surface area contributed by atoms with Crippen molar-refractivity contribution in [1.29, 1.82) is 0 Å². The number of ether oxygens (including phenoxy) is 1. The maximum Gasteiger partial charge on any atom is 0.375 e. The summed E-state index contributed by atoms with van der Waals surface area (Å²) in [7, 11) is 0. The normalized spacial score (nSPS) is 18.6. The monoisotopic (exact) mass is 213 g/mol. The highest BCUT2D eigenvalue weighted by Gasteiger charge is 2.30. The fourth-order valence-electron chi connectivity index (χ4n) is 1.58. The first-order chi connectivity index (χ1) is 6.90. The van der Waals surface area contributed by atoms with E-state index in [4.69, 9.17) is 4.74 Å². The van der Waals surface area contributed by atoms with Crippen LogP contribution < -0.4 is 5.32 Å². The standard InChI is InChI=1S/C11H19NO3/c1-11(2,3)15-10(14)9(13)8-4-6-12-7-5-8/h8,12H,4-7H2,1-3H3. The number of hydrogen-bond acceptors (Lipinski definition) is 4. The highest BCUT2D eigenvalue weighted by molar-refractivity contribution is 6.34. The lowest BCUT2D eigenvalue weighted by atomic mass is 9.93. The zero-order chi connectivity index (χ0) is 11.5. The van der Waals surface area contributed by atoms with Gasteiger partial charge >= 0.3 is 5.97 Å². The third-order valence-electron chi connectivity index (χ3n) is 2.31. The number of carbonyl (C=O) groups excluding carboxylic acids is 2. The van der Waals surface area contributed by atoms with Gasteiger partial charge in [-0.15, -0.1) is 0 Å². The largest absolute Gasteiger partial charge is 0.454 e. The molecule has 1 rings (SSSR count). The van der Waals surface area contributed by atoms with E-state index in [1.54, 1.807) is 20.8 Å². The van der Waals surface area contributed by atoms with Crippen molar-refractivity contribution in [3.05, 3.63) is 0 Å². The number of hydrogen-bond donors (Lipinski definition) is 1. The first kappa shape index (κ1) is 12.2. The predicted octanol–water partition coefficient (Wildman–Crippen LogP) is 0.897. The minimum Gasteiger partial charge on any atom is -0.454 e. The van der Waals surface area contributed by atoms with E-state index in [-0.39, 0.29) is 11.7 Å². The zero-order valence-corrected chi connectivity index (χ0v) is 9.63. The van der Waals surface area contributed by atoms with Gasteiger partial charge in [-0.05, 0) is 46.7 Å². The predicted molar refractivity (Wildman–Crippen MR) is 56.4 cm³/mol. The van der Waals surface area contributed by atoms with E-state index >= 15 is 0 Å².